The number of carbonyl (C=O) groups excluding carboxylic acids is 1. The van der Waals surface area contributed by atoms with Crippen LogP contribution in [0.25, 0.3) is 10.9 Å². The number of amides is 1. The minimum Gasteiger partial charge on any atom is -0.347 e. The van der Waals surface area contributed by atoms with Crippen molar-refractivity contribution in [2.24, 2.45) is 0 Å². The van der Waals surface area contributed by atoms with Gasteiger partial charge in [-0.3, -0.25) is 14.6 Å². The quantitative estimate of drug-likeness (QED) is 0.503. The van der Waals surface area contributed by atoms with Crippen molar-refractivity contribution in [1.82, 2.24) is 19.9 Å². The van der Waals surface area contributed by atoms with E-state index in [2.05, 4.69) is 15.3 Å². The van der Waals surface area contributed by atoms with Crippen LogP contribution < -0.4 is 16.6 Å². The van der Waals surface area contributed by atoms with Crippen LogP contribution in [-0.2, 0) is 4.79 Å². The zero-order valence-corrected chi connectivity index (χ0v) is 16.9. The molecule has 9 heteroatoms. The zero-order valence-electron chi connectivity index (χ0n) is 16.9. The van der Waals surface area contributed by atoms with Crippen molar-refractivity contribution in [3.63, 3.8) is 0 Å². The third kappa shape index (κ3) is 3.92. The fraction of sp³-hybridized carbons (Fsp3) is 0.130. The topological polar surface area (TPSA) is 96.8 Å². The Morgan fingerprint density at radius 2 is 1.88 bits per heavy atom. The van der Waals surface area contributed by atoms with Crippen molar-refractivity contribution in [2.75, 3.05) is 0 Å². The summed E-state index contributed by atoms with van der Waals surface area (Å²) in [4.78, 5) is 45.9. The summed E-state index contributed by atoms with van der Waals surface area (Å²) in [6.07, 6.45) is 2.86. The lowest BCUT2D eigenvalue weighted by atomic mass is 10.0. The average molecular weight is 436 g/mol. The maximum Gasteiger partial charge on any atom is 0.329 e. The highest BCUT2D eigenvalue weighted by Crippen LogP contribution is 2.21. The number of rotatable bonds is 5. The zero-order chi connectivity index (χ0) is 22.8. The van der Waals surface area contributed by atoms with Crippen molar-refractivity contribution in [3.8, 4) is 0 Å². The second-order valence-electron chi connectivity index (χ2n) is 7.24. The molecule has 2 aromatic heterocycles. The SMILES string of the molecule is C[C@H](NC(=O)C(c1cccnc1)n1c(=O)[nH]c2ccccc2c1=O)c1ccc(F)cc1F. The van der Waals surface area contributed by atoms with Crippen LogP contribution in [-0.4, -0.2) is 20.4 Å². The van der Waals surface area contributed by atoms with E-state index in [-0.39, 0.29) is 10.9 Å². The van der Waals surface area contributed by atoms with Gasteiger partial charge in [0.05, 0.1) is 16.9 Å². The molecule has 0 aliphatic carbocycles. The normalized spacial score (nSPS) is 13.0. The molecule has 2 N–H and O–H groups in total. The van der Waals surface area contributed by atoms with E-state index in [1.807, 2.05) is 0 Å². The number of carbonyl (C=O) groups is 1. The molecule has 0 aliphatic heterocycles. The van der Waals surface area contributed by atoms with E-state index in [9.17, 15) is 23.2 Å². The average Bonchev–Trinajstić information content (AvgIpc) is 2.77. The Kier molecular flexibility index (Phi) is 5.63. The molecular weight excluding hydrogens is 418 g/mol. The number of halogens is 2. The monoisotopic (exact) mass is 436 g/mol. The van der Waals surface area contributed by atoms with E-state index in [0.717, 1.165) is 16.7 Å². The Hall–Kier alpha value is -4.14. The molecular formula is C23H18F2N4O3. The van der Waals surface area contributed by atoms with E-state index >= 15 is 0 Å². The van der Waals surface area contributed by atoms with Gasteiger partial charge in [-0.15, -0.1) is 0 Å². The van der Waals surface area contributed by atoms with Gasteiger partial charge in [0.2, 0.25) is 5.91 Å². The molecule has 0 spiro atoms. The molecule has 4 rings (SSSR count). The highest BCUT2D eigenvalue weighted by atomic mass is 19.1. The van der Waals surface area contributed by atoms with Crippen LogP contribution in [0.15, 0.2) is 76.6 Å². The maximum atomic E-state index is 14.2. The standard InChI is InChI=1S/C23H18F2N4O3/c1-13(16-9-8-15(24)11-18(16)25)27-21(30)20(14-5-4-10-26-12-14)29-22(31)17-6-2-3-7-19(17)28-23(29)32/h2-13,20H,1H3,(H,27,30)(H,28,32)/t13-,20?/m0/s1. The van der Waals surface area contributed by atoms with Crippen molar-refractivity contribution < 1.29 is 13.6 Å². The van der Waals surface area contributed by atoms with Crippen LogP contribution in [0.5, 0.6) is 0 Å². The van der Waals surface area contributed by atoms with Crippen LogP contribution >= 0.6 is 0 Å². The van der Waals surface area contributed by atoms with Gasteiger partial charge >= 0.3 is 5.69 Å². The maximum absolute atomic E-state index is 14.2. The Labute approximate surface area is 180 Å². The second-order valence-corrected chi connectivity index (χ2v) is 7.24. The fourth-order valence-corrected chi connectivity index (χ4v) is 3.59. The van der Waals surface area contributed by atoms with Crippen LogP contribution in [0.2, 0.25) is 0 Å². The molecule has 2 heterocycles. The molecule has 0 bridgehead atoms. The summed E-state index contributed by atoms with van der Waals surface area (Å²) in [5, 5.41) is 2.84. The molecule has 7 nitrogen and oxygen atoms in total. The first kappa shape index (κ1) is 21.1. The molecule has 162 valence electrons. The molecule has 0 aliphatic rings. The molecule has 0 radical (unpaired) electrons. The predicted octanol–water partition coefficient (Wildman–Crippen LogP) is 2.83. The number of hydrogen-bond acceptors (Lipinski definition) is 4. The number of benzene rings is 2. The van der Waals surface area contributed by atoms with Crippen molar-refractivity contribution in [3.05, 3.63) is 111 Å². The lowest BCUT2D eigenvalue weighted by Crippen LogP contribution is -2.45. The number of H-pyrrole nitrogens is 1. The lowest BCUT2D eigenvalue weighted by Gasteiger charge is -2.22. The molecule has 0 saturated carbocycles. The first-order chi connectivity index (χ1) is 15.4. The minimum absolute atomic E-state index is 0.0597. The number of aromatic nitrogens is 3. The molecule has 2 atom stereocenters. The molecule has 0 fully saturated rings. The van der Waals surface area contributed by atoms with Crippen LogP contribution in [0.3, 0.4) is 0 Å². The van der Waals surface area contributed by atoms with Gasteiger partial charge < -0.3 is 10.3 Å². The van der Waals surface area contributed by atoms with Crippen LogP contribution in [0, 0.1) is 11.6 Å². The predicted molar refractivity (Wildman–Crippen MR) is 114 cm³/mol. The smallest absolute Gasteiger partial charge is 0.329 e. The summed E-state index contributed by atoms with van der Waals surface area (Å²) in [5.74, 6) is -2.29. The van der Waals surface area contributed by atoms with Gasteiger partial charge in [-0.2, -0.15) is 0 Å². The van der Waals surface area contributed by atoms with Crippen molar-refractivity contribution in [2.45, 2.75) is 19.0 Å². The highest BCUT2D eigenvalue weighted by molar-refractivity contribution is 5.84. The molecule has 1 unspecified atom stereocenters. The Morgan fingerprint density at radius 1 is 1.09 bits per heavy atom. The molecule has 2 aromatic carbocycles. The lowest BCUT2D eigenvalue weighted by molar-refractivity contribution is -0.124. The van der Waals surface area contributed by atoms with Gasteiger partial charge in [-0.25, -0.2) is 18.1 Å². The second kappa shape index (κ2) is 8.54. The Balaban J connectivity index is 1.81. The number of fused-ring (bicyclic) bond motifs is 1. The summed E-state index contributed by atoms with van der Waals surface area (Å²) in [6.45, 7) is 1.52. The number of nitrogens with zero attached hydrogens (tertiary/aromatic N) is 2. The van der Waals surface area contributed by atoms with Crippen LogP contribution in [0.1, 0.15) is 30.1 Å². The van der Waals surface area contributed by atoms with Crippen molar-refractivity contribution >= 4 is 16.8 Å². The Morgan fingerprint density at radius 3 is 2.59 bits per heavy atom. The van der Waals surface area contributed by atoms with Gasteiger partial charge in [-0.05, 0) is 31.2 Å². The van der Waals surface area contributed by atoms with E-state index in [1.54, 1.807) is 36.4 Å². The minimum atomic E-state index is -1.37. The number of para-hydroxylation sites is 1. The summed E-state index contributed by atoms with van der Waals surface area (Å²) < 4.78 is 28.2. The largest absolute Gasteiger partial charge is 0.347 e. The first-order valence-electron chi connectivity index (χ1n) is 9.75. The van der Waals surface area contributed by atoms with Crippen LogP contribution in [0.4, 0.5) is 8.78 Å². The highest BCUT2D eigenvalue weighted by Gasteiger charge is 2.28. The first-order valence-corrected chi connectivity index (χ1v) is 9.75. The molecule has 0 saturated heterocycles. The van der Waals surface area contributed by atoms with E-state index < -0.39 is 40.9 Å². The van der Waals surface area contributed by atoms with Gasteiger partial charge in [0.25, 0.3) is 5.56 Å². The van der Waals surface area contributed by atoms with E-state index in [4.69, 9.17) is 0 Å². The van der Waals surface area contributed by atoms with E-state index in [1.165, 1.54) is 25.4 Å². The number of nitrogens with one attached hydrogen (secondary N) is 2. The van der Waals surface area contributed by atoms with Gasteiger partial charge in [0, 0.05) is 29.6 Å². The molecule has 32 heavy (non-hydrogen) atoms. The Bertz CT molecular complexity index is 1420. The van der Waals surface area contributed by atoms with Gasteiger partial charge in [-0.1, -0.05) is 24.3 Å². The van der Waals surface area contributed by atoms with E-state index in [0.29, 0.717) is 11.1 Å². The number of hydrogen-bond donors (Lipinski definition) is 2. The molecule has 1 amide bonds. The summed E-state index contributed by atoms with van der Waals surface area (Å²) in [7, 11) is 0. The van der Waals surface area contributed by atoms with Gasteiger partial charge in [0.1, 0.15) is 17.7 Å². The fourth-order valence-electron chi connectivity index (χ4n) is 3.59. The number of pyridine rings is 1. The summed E-state index contributed by atoms with van der Waals surface area (Å²) in [5.41, 5.74) is -0.748. The third-order valence-electron chi connectivity index (χ3n) is 5.13. The third-order valence-corrected chi connectivity index (χ3v) is 5.13. The summed E-state index contributed by atoms with van der Waals surface area (Å²) in [6, 6.07) is 10.4. The number of aromatic amines is 1. The van der Waals surface area contributed by atoms with Gasteiger partial charge in [0.15, 0.2) is 0 Å². The van der Waals surface area contributed by atoms with Crippen molar-refractivity contribution in [1.29, 1.82) is 0 Å². The molecule has 4 aromatic rings. The summed E-state index contributed by atoms with van der Waals surface area (Å²) >= 11 is 0.